The lowest BCUT2D eigenvalue weighted by Gasteiger charge is -2.32. The molecule has 5 heteroatoms. The molecular formula is C15H20N2O3. The predicted molar refractivity (Wildman–Crippen MR) is 76.8 cm³/mol. The summed E-state index contributed by atoms with van der Waals surface area (Å²) in [6.07, 6.45) is 3.18. The van der Waals surface area contributed by atoms with E-state index in [0.717, 1.165) is 19.3 Å². The van der Waals surface area contributed by atoms with Gasteiger partial charge in [0.15, 0.2) is 0 Å². The van der Waals surface area contributed by atoms with Gasteiger partial charge in [-0.25, -0.2) is 9.59 Å². The van der Waals surface area contributed by atoms with Crippen LogP contribution in [0, 0.1) is 0 Å². The summed E-state index contributed by atoms with van der Waals surface area (Å²) < 4.78 is 0. The molecule has 1 unspecified atom stereocenters. The van der Waals surface area contributed by atoms with Crippen molar-refractivity contribution < 1.29 is 14.7 Å². The van der Waals surface area contributed by atoms with Gasteiger partial charge in [-0.15, -0.1) is 0 Å². The third-order valence-corrected chi connectivity index (χ3v) is 3.66. The van der Waals surface area contributed by atoms with Crippen LogP contribution in [0.1, 0.15) is 31.7 Å². The van der Waals surface area contributed by atoms with Crippen molar-refractivity contribution in [1.29, 1.82) is 0 Å². The smallest absolute Gasteiger partial charge is 0.326 e. The number of hydrogen-bond acceptors (Lipinski definition) is 2. The van der Waals surface area contributed by atoms with Crippen LogP contribution in [0.25, 0.3) is 0 Å². The number of nitrogens with zero attached hydrogens (tertiary/aromatic N) is 1. The van der Waals surface area contributed by atoms with Crippen molar-refractivity contribution in [3.8, 4) is 0 Å². The molecule has 0 radical (unpaired) electrons. The average molecular weight is 276 g/mol. The number of benzene rings is 1. The Morgan fingerprint density at radius 3 is 2.60 bits per heavy atom. The zero-order chi connectivity index (χ0) is 14.5. The molecule has 108 valence electrons. The summed E-state index contributed by atoms with van der Waals surface area (Å²) in [4.78, 5) is 24.8. The fraction of sp³-hybridized carbons (Fsp3) is 0.467. The lowest BCUT2D eigenvalue weighted by molar-refractivity contribution is -0.143. The van der Waals surface area contributed by atoms with Gasteiger partial charge >= 0.3 is 12.0 Å². The van der Waals surface area contributed by atoms with Crippen LogP contribution < -0.4 is 5.32 Å². The van der Waals surface area contributed by atoms with E-state index in [2.05, 4.69) is 12.2 Å². The Bertz CT molecular complexity index is 484. The Labute approximate surface area is 118 Å². The van der Waals surface area contributed by atoms with Gasteiger partial charge < -0.3 is 15.3 Å². The summed E-state index contributed by atoms with van der Waals surface area (Å²) in [5.74, 6) is -0.929. The maximum atomic E-state index is 12.2. The number of carbonyl (C=O) groups is 2. The minimum Gasteiger partial charge on any atom is -0.480 e. The van der Waals surface area contributed by atoms with Gasteiger partial charge in [0.25, 0.3) is 0 Å². The van der Waals surface area contributed by atoms with Gasteiger partial charge in [-0.3, -0.25) is 0 Å². The first-order valence-electron chi connectivity index (χ1n) is 7.01. The summed E-state index contributed by atoms with van der Waals surface area (Å²) in [5.41, 5.74) is 1.89. The number of hydrogen-bond donors (Lipinski definition) is 2. The van der Waals surface area contributed by atoms with Crippen LogP contribution in [0.2, 0.25) is 0 Å². The standard InChI is InChI=1S/C15H20N2O3/c1-2-11-6-8-12(9-7-11)16-15(20)17-10-4-3-5-13(17)14(18)19/h6-9,13H,2-5,10H2,1H3,(H,16,20)(H,18,19). The number of carboxylic acid groups (broad SMARTS) is 1. The van der Waals surface area contributed by atoms with E-state index in [1.165, 1.54) is 10.5 Å². The fourth-order valence-electron chi connectivity index (χ4n) is 2.45. The molecule has 5 nitrogen and oxygen atoms in total. The summed E-state index contributed by atoms with van der Waals surface area (Å²) in [5, 5.41) is 11.9. The molecule has 1 heterocycles. The van der Waals surface area contributed by atoms with Crippen LogP contribution >= 0.6 is 0 Å². The summed E-state index contributed by atoms with van der Waals surface area (Å²) >= 11 is 0. The van der Waals surface area contributed by atoms with Crippen molar-refractivity contribution in [3.63, 3.8) is 0 Å². The number of nitrogens with one attached hydrogen (secondary N) is 1. The molecule has 1 saturated heterocycles. The summed E-state index contributed by atoms with van der Waals surface area (Å²) in [6.45, 7) is 2.56. The molecule has 2 rings (SSSR count). The molecule has 0 spiro atoms. The van der Waals surface area contributed by atoms with Gasteiger partial charge in [0, 0.05) is 12.2 Å². The van der Waals surface area contributed by atoms with Crippen molar-refractivity contribution in [2.24, 2.45) is 0 Å². The maximum Gasteiger partial charge on any atom is 0.326 e. The van der Waals surface area contributed by atoms with E-state index in [4.69, 9.17) is 0 Å². The first-order chi connectivity index (χ1) is 9.61. The number of likely N-dealkylation sites (tertiary alicyclic amines) is 1. The lowest BCUT2D eigenvalue weighted by Crippen LogP contribution is -2.49. The van der Waals surface area contributed by atoms with Gasteiger partial charge in [0.1, 0.15) is 6.04 Å². The number of urea groups is 1. The molecule has 2 amide bonds. The molecule has 1 aromatic rings. The van der Waals surface area contributed by atoms with Crippen LogP contribution in [0.15, 0.2) is 24.3 Å². The minimum atomic E-state index is -0.929. The first-order valence-corrected chi connectivity index (χ1v) is 7.01. The van der Waals surface area contributed by atoms with E-state index in [9.17, 15) is 14.7 Å². The van der Waals surface area contributed by atoms with Gasteiger partial charge in [-0.05, 0) is 43.4 Å². The van der Waals surface area contributed by atoms with E-state index >= 15 is 0 Å². The number of piperidine rings is 1. The van der Waals surface area contributed by atoms with Crippen molar-refractivity contribution >= 4 is 17.7 Å². The number of aryl methyl sites for hydroxylation is 1. The highest BCUT2D eigenvalue weighted by Gasteiger charge is 2.31. The highest BCUT2D eigenvalue weighted by atomic mass is 16.4. The molecule has 1 fully saturated rings. The van der Waals surface area contributed by atoms with E-state index in [-0.39, 0.29) is 6.03 Å². The molecule has 0 aromatic heterocycles. The van der Waals surface area contributed by atoms with Crippen LogP contribution in [-0.2, 0) is 11.2 Å². The van der Waals surface area contributed by atoms with Crippen molar-refractivity contribution in [2.45, 2.75) is 38.6 Å². The van der Waals surface area contributed by atoms with Crippen LogP contribution in [-0.4, -0.2) is 34.6 Å². The third kappa shape index (κ3) is 3.29. The van der Waals surface area contributed by atoms with Crippen LogP contribution in [0.5, 0.6) is 0 Å². The first kappa shape index (κ1) is 14.4. The molecule has 1 atom stereocenters. The van der Waals surface area contributed by atoms with E-state index in [0.29, 0.717) is 18.7 Å². The topological polar surface area (TPSA) is 69.6 Å². The Kier molecular flexibility index (Phi) is 4.61. The molecule has 2 N–H and O–H groups in total. The van der Waals surface area contributed by atoms with Gasteiger partial charge in [0.05, 0.1) is 0 Å². The van der Waals surface area contributed by atoms with E-state index < -0.39 is 12.0 Å². The summed E-state index contributed by atoms with van der Waals surface area (Å²) in [6, 6.07) is 6.56. The number of carbonyl (C=O) groups excluding carboxylic acids is 1. The van der Waals surface area contributed by atoms with Gasteiger partial charge in [-0.1, -0.05) is 19.1 Å². The SMILES string of the molecule is CCc1ccc(NC(=O)N2CCCCC2C(=O)O)cc1. The molecule has 0 bridgehead atoms. The monoisotopic (exact) mass is 276 g/mol. The normalized spacial score (nSPS) is 18.6. The number of aliphatic carboxylic acids is 1. The third-order valence-electron chi connectivity index (χ3n) is 3.66. The Morgan fingerprint density at radius 1 is 1.30 bits per heavy atom. The summed E-state index contributed by atoms with van der Waals surface area (Å²) in [7, 11) is 0. The number of amides is 2. The zero-order valence-corrected chi connectivity index (χ0v) is 11.6. The predicted octanol–water partition coefficient (Wildman–Crippen LogP) is 2.72. The highest BCUT2D eigenvalue weighted by Crippen LogP contribution is 2.19. The highest BCUT2D eigenvalue weighted by molar-refractivity contribution is 5.92. The van der Waals surface area contributed by atoms with E-state index in [1.54, 1.807) is 0 Å². The molecule has 0 aliphatic carbocycles. The maximum absolute atomic E-state index is 12.2. The largest absolute Gasteiger partial charge is 0.480 e. The van der Waals surface area contributed by atoms with E-state index in [1.807, 2.05) is 24.3 Å². The van der Waals surface area contributed by atoms with Gasteiger partial charge in [-0.2, -0.15) is 0 Å². The molecule has 20 heavy (non-hydrogen) atoms. The molecule has 1 aliphatic rings. The zero-order valence-electron chi connectivity index (χ0n) is 11.6. The van der Waals surface area contributed by atoms with Crippen molar-refractivity contribution in [3.05, 3.63) is 29.8 Å². The molecular weight excluding hydrogens is 256 g/mol. The second-order valence-corrected chi connectivity index (χ2v) is 5.02. The fourth-order valence-corrected chi connectivity index (χ4v) is 2.45. The number of carboxylic acids is 1. The van der Waals surface area contributed by atoms with Crippen LogP contribution in [0.3, 0.4) is 0 Å². The Hall–Kier alpha value is -2.04. The Balaban J connectivity index is 2.03. The van der Waals surface area contributed by atoms with Crippen molar-refractivity contribution in [1.82, 2.24) is 4.90 Å². The van der Waals surface area contributed by atoms with Crippen LogP contribution in [0.4, 0.5) is 10.5 Å². The number of anilines is 1. The molecule has 1 aromatic carbocycles. The average Bonchev–Trinajstić information content (AvgIpc) is 2.48. The molecule has 1 aliphatic heterocycles. The lowest BCUT2D eigenvalue weighted by atomic mass is 10.0. The second kappa shape index (κ2) is 6.41. The second-order valence-electron chi connectivity index (χ2n) is 5.02. The van der Waals surface area contributed by atoms with Crippen molar-refractivity contribution in [2.75, 3.05) is 11.9 Å². The Morgan fingerprint density at radius 2 is 2.00 bits per heavy atom. The minimum absolute atomic E-state index is 0.332. The number of rotatable bonds is 3. The molecule has 0 saturated carbocycles. The van der Waals surface area contributed by atoms with Gasteiger partial charge in [0.2, 0.25) is 0 Å². The quantitative estimate of drug-likeness (QED) is 0.891.